The lowest BCUT2D eigenvalue weighted by atomic mass is 10.2. The second kappa shape index (κ2) is 9.41. The largest absolute Gasteiger partial charge is 0.694 e. The van der Waals surface area contributed by atoms with Crippen LogP contribution < -0.4 is 0 Å². The Morgan fingerprint density at radius 3 is 1.82 bits per heavy atom. The van der Waals surface area contributed by atoms with Crippen LogP contribution in [0, 0.1) is 0 Å². The van der Waals surface area contributed by atoms with Gasteiger partial charge in [-0.2, -0.15) is 5.06 Å². The van der Waals surface area contributed by atoms with Crippen molar-refractivity contribution in [2.45, 2.75) is 13.1 Å². The summed E-state index contributed by atoms with van der Waals surface area (Å²) >= 11 is 0. The zero-order chi connectivity index (χ0) is 15.6. The Balaban J connectivity index is 1.92. The van der Waals surface area contributed by atoms with E-state index in [1.165, 1.54) is 0 Å². The van der Waals surface area contributed by atoms with Crippen LogP contribution in [0.1, 0.15) is 11.1 Å². The second-order valence-corrected chi connectivity index (χ2v) is 5.41. The fourth-order valence-corrected chi connectivity index (χ4v) is 2.23. The maximum atomic E-state index is 10.5. The lowest BCUT2D eigenvalue weighted by molar-refractivity contribution is -0.178. The average Bonchev–Trinajstić information content (AvgIpc) is 2.53. The summed E-state index contributed by atoms with van der Waals surface area (Å²) < 4.78 is 15.1. The summed E-state index contributed by atoms with van der Waals surface area (Å²) in [5, 5.41) is 1.82. The van der Waals surface area contributed by atoms with Gasteiger partial charge in [-0.15, -0.1) is 9.42 Å². The molecular formula is C16H19NO4P+. The molecule has 116 valence electrons. The van der Waals surface area contributed by atoms with Gasteiger partial charge in [0, 0.05) is 17.7 Å². The third kappa shape index (κ3) is 6.43. The van der Waals surface area contributed by atoms with Crippen molar-refractivity contribution in [3.63, 3.8) is 0 Å². The van der Waals surface area contributed by atoms with Gasteiger partial charge in [0.25, 0.3) is 0 Å². The van der Waals surface area contributed by atoms with E-state index >= 15 is 0 Å². The molecular weight excluding hydrogens is 301 g/mol. The summed E-state index contributed by atoms with van der Waals surface area (Å²) in [6.45, 7) is 1.55. The molecule has 1 N–H and O–H groups in total. The lowest BCUT2D eigenvalue weighted by Crippen LogP contribution is -2.25. The average molecular weight is 320 g/mol. The minimum Gasteiger partial charge on any atom is -0.296 e. The smallest absolute Gasteiger partial charge is 0.296 e. The molecule has 0 aliphatic carbocycles. The normalized spacial score (nSPS) is 11.6. The molecule has 1 atom stereocenters. The predicted octanol–water partition coefficient (Wildman–Crippen LogP) is 3.29. The first kappa shape index (κ1) is 16.7. The highest BCUT2D eigenvalue weighted by molar-refractivity contribution is 7.32. The van der Waals surface area contributed by atoms with Crippen LogP contribution in [-0.2, 0) is 27.0 Å². The highest BCUT2D eigenvalue weighted by atomic mass is 31.1. The molecule has 6 heteroatoms. The van der Waals surface area contributed by atoms with Crippen molar-refractivity contribution in [2.24, 2.45) is 0 Å². The van der Waals surface area contributed by atoms with Gasteiger partial charge in [0.05, 0.1) is 6.61 Å². The molecule has 0 saturated heterocycles. The van der Waals surface area contributed by atoms with Crippen molar-refractivity contribution >= 4 is 8.25 Å². The van der Waals surface area contributed by atoms with Crippen molar-refractivity contribution in [3.05, 3.63) is 71.8 Å². The highest BCUT2D eigenvalue weighted by Gasteiger charge is 2.13. The molecule has 0 aromatic heterocycles. The zero-order valence-electron chi connectivity index (χ0n) is 12.2. The standard InChI is InChI=1S/C16H18NO4P/c18-22(19)21-12-11-20-17(13-15-7-3-1-4-8-15)14-16-9-5-2-6-10-16/h1-10H,11-14H2/p+1. The number of hydrogen-bond acceptors (Lipinski definition) is 4. The Hall–Kier alpha value is -1.62. The zero-order valence-corrected chi connectivity index (χ0v) is 13.1. The molecule has 1 unspecified atom stereocenters. The number of hydrogen-bond donors (Lipinski definition) is 1. The van der Waals surface area contributed by atoms with Gasteiger partial charge in [0.1, 0.15) is 6.61 Å². The maximum absolute atomic E-state index is 10.5. The third-order valence-corrected chi connectivity index (χ3v) is 3.37. The Labute approximate surface area is 131 Å². The first-order valence-electron chi connectivity index (χ1n) is 6.99. The van der Waals surface area contributed by atoms with Crippen LogP contribution in [0.4, 0.5) is 0 Å². The Kier molecular flexibility index (Phi) is 7.16. The number of benzene rings is 2. The summed E-state index contributed by atoms with van der Waals surface area (Å²) in [4.78, 5) is 14.3. The first-order valence-corrected chi connectivity index (χ1v) is 8.12. The Morgan fingerprint density at radius 1 is 0.864 bits per heavy atom. The highest BCUT2D eigenvalue weighted by Crippen LogP contribution is 2.14. The van der Waals surface area contributed by atoms with Crippen LogP contribution in [0.25, 0.3) is 0 Å². The van der Waals surface area contributed by atoms with Crippen LogP contribution in [0.15, 0.2) is 60.7 Å². The van der Waals surface area contributed by atoms with E-state index < -0.39 is 8.25 Å². The van der Waals surface area contributed by atoms with Crippen molar-refractivity contribution in [1.82, 2.24) is 5.06 Å². The summed E-state index contributed by atoms with van der Waals surface area (Å²) in [5.41, 5.74) is 2.26. The minimum atomic E-state index is -2.58. The van der Waals surface area contributed by atoms with Gasteiger partial charge in [0.15, 0.2) is 0 Å². The first-order chi connectivity index (χ1) is 10.7. The molecule has 2 rings (SSSR count). The van der Waals surface area contributed by atoms with E-state index in [0.717, 1.165) is 11.1 Å². The molecule has 0 aliphatic heterocycles. The second-order valence-electron chi connectivity index (χ2n) is 4.67. The molecule has 5 nitrogen and oxygen atoms in total. The van der Waals surface area contributed by atoms with Crippen molar-refractivity contribution in [1.29, 1.82) is 0 Å². The molecule has 0 fully saturated rings. The van der Waals surface area contributed by atoms with E-state index in [4.69, 9.17) is 9.73 Å². The third-order valence-electron chi connectivity index (χ3n) is 2.96. The Bertz CT molecular complexity index is 523. The van der Waals surface area contributed by atoms with Crippen LogP contribution in [0.2, 0.25) is 0 Å². The molecule has 0 radical (unpaired) electrons. The van der Waals surface area contributed by atoms with E-state index in [0.29, 0.717) is 13.1 Å². The van der Waals surface area contributed by atoms with Gasteiger partial charge in [-0.1, -0.05) is 60.7 Å². The van der Waals surface area contributed by atoms with Crippen LogP contribution >= 0.6 is 8.25 Å². The molecule has 0 saturated carbocycles. The lowest BCUT2D eigenvalue weighted by Gasteiger charge is -2.21. The van der Waals surface area contributed by atoms with E-state index in [-0.39, 0.29) is 13.2 Å². The van der Waals surface area contributed by atoms with Gasteiger partial charge in [-0.3, -0.25) is 4.84 Å². The number of rotatable bonds is 9. The van der Waals surface area contributed by atoms with Gasteiger partial charge in [0.2, 0.25) is 0 Å². The van der Waals surface area contributed by atoms with E-state index in [9.17, 15) is 4.57 Å². The molecule has 0 amide bonds. The van der Waals surface area contributed by atoms with Gasteiger partial charge >= 0.3 is 8.25 Å². The molecule has 2 aromatic rings. The SMILES string of the molecule is O=[P+](O)OCCON(Cc1ccccc1)Cc1ccccc1. The molecule has 0 bridgehead atoms. The van der Waals surface area contributed by atoms with Gasteiger partial charge < -0.3 is 0 Å². The van der Waals surface area contributed by atoms with Crippen molar-refractivity contribution in [3.8, 4) is 0 Å². The predicted molar refractivity (Wildman–Crippen MR) is 83.9 cm³/mol. The van der Waals surface area contributed by atoms with E-state index in [1.54, 1.807) is 0 Å². The van der Waals surface area contributed by atoms with Crippen LogP contribution in [0.5, 0.6) is 0 Å². The van der Waals surface area contributed by atoms with Crippen molar-refractivity contribution < 1.29 is 18.8 Å². The number of nitrogens with zero attached hydrogens (tertiary/aromatic N) is 1. The van der Waals surface area contributed by atoms with Crippen LogP contribution in [0.3, 0.4) is 0 Å². The fraction of sp³-hybridized carbons (Fsp3) is 0.250. The topological polar surface area (TPSA) is 59.0 Å². The summed E-state index contributed by atoms with van der Waals surface area (Å²) in [5.74, 6) is 0. The van der Waals surface area contributed by atoms with E-state index in [1.807, 2.05) is 65.7 Å². The number of hydroxylamine groups is 2. The van der Waals surface area contributed by atoms with Gasteiger partial charge in [-0.25, -0.2) is 0 Å². The monoisotopic (exact) mass is 320 g/mol. The summed E-state index contributed by atoms with van der Waals surface area (Å²) in [6, 6.07) is 20.0. The molecule has 2 aromatic carbocycles. The quantitative estimate of drug-likeness (QED) is 0.436. The fourth-order valence-electron chi connectivity index (χ4n) is 2.00. The van der Waals surface area contributed by atoms with Crippen LogP contribution in [-0.4, -0.2) is 23.2 Å². The molecule has 0 aliphatic rings. The summed E-state index contributed by atoms with van der Waals surface area (Å²) in [7, 11) is -2.58. The van der Waals surface area contributed by atoms with E-state index in [2.05, 4.69) is 4.52 Å². The molecule has 0 heterocycles. The molecule has 22 heavy (non-hydrogen) atoms. The van der Waals surface area contributed by atoms with Crippen molar-refractivity contribution in [2.75, 3.05) is 13.2 Å². The molecule has 0 spiro atoms. The minimum absolute atomic E-state index is 0.0752. The Morgan fingerprint density at radius 2 is 1.36 bits per heavy atom. The maximum Gasteiger partial charge on any atom is 0.694 e. The summed E-state index contributed by atoms with van der Waals surface area (Å²) in [6.07, 6.45) is 0. The van der Waals surface area contributed by atoms with Gasteiger partial charge in [-0.05, 0) is 11.1 Å².